The third-order valence-electron chi connectivity index (χ3n) is 2.50. The number of hydrogen-bond acceptors (Lipinski definition) is 3. The minimum absolute atomic E-state index is 0.334. The maximum Gasteiger partial charge on any atom is 0.262 e. The van der Waals surface area contributed by atoms with Crippen LogP contribution >= 0.6 is 0 Å². The third-order valence-corrected chi connectivity index (χ3v) is 2.50. The van der Waals surface area contributed by atoms with Gasteiger partial charge in [0.2, 0.25) is 0 Å². The standard InChI is InChI=1S/C12H9NO3/c1-2-8(7-14)13-11(15)9-5-3-4-6-10(9)12(13)16/h2-8H,1H2/t8-/m1/s1. The second kappa shape index (κ2) is 3.73. The molecule has 1 aliphatic rings. The van der Waals surface area contributed by atoms with E-state index in [0.717, 1.165) is 4.90 Å². The van der Waals surface area contributed by atoms with Gasteiger partial charge in [0.05, 0.1) is 11.1 Å². The Hall–Kier alpha value is -2.23. The normalized spacial score (nSPS) is 15.9. The lowest BCUT2D eigenvalue weighted by Gasteiger charge is -2.17. The van der Waals surface area contributed by atoms with Crippen molar-refractivity contribution in [2.45, 2.75) is 6.04 Å². The average molecular weight is 215 g/mol. The van der Waals surface area contributed by atoms with Crippen LogP contribution in [0, 0.1) is 0 Å². The first-order chi connectivity index (χ1) is 7.70. The summed E-state index contributed by atoms with van der Waals surface area (Å²) in [6.07, 6.45) is 1.80. The summed E-state index contributed by atoms with van der Waals surface area (Å²) in [4.78, 5) is 35.4. The predicted octanol–water partition coefficient (Wildman–Crippen LogP) is 1.04. The summed E-state index contributed by atoms with van der Waals surface area (Å²) in [6, 6.07) is 5.60. The van der Waals surface area contributed by atoms with E-state index < -0.39 is 17.9 Å². The van der Waals surface area contributed by atoms with Crippen molar-refractivity contribution in [3.8, 4) is 0 Å². The first kappa shape index (κ1) is 10.3. The fraction of sp³-hybridized carbons (Fsp3) is 0.0833. The molecule has 0 bridgehead atoms. The highest BCUT2D eigenvalue weighted by atomic mass is 16.2. The second-order valence-electron chi connectivity index (χ2n) is 3.39. The molecule has 16 heavy (non-hydrogen) atoms. The fourth-order valence-electron chi connectivity index (χ4n) is 1.70. The minimum atomic E-state index is -0.896. The number of aldehydes is 1. The van der Waals surface area contributed by atoms with Crippen molar-refractivity contribution in [2.75, 3.05) is 0 Å². The van der Waals surface area contributed by atoms with Crippen LogP contribution in [0.3, 0.4) is 0 Å². The van der Waals surface area contributed by atoms with Gasteiger partial charge in [0.25, 0.3) is 11.8 Å². The Bertz CT molecular complexity index is 450. The van der Waals surface area contributed by atoms with Gasteiger partial charge in [-0.15, -0.1) is 6.58 Å². The zero-order valence-corrected chi connectivity index (χ0v) is 8.42. The number of amides is 2. The molecule has 80 valence electrons. The quantitative estimate of drug-likeness (QED) is 0.430. The van der Waals surface area contributed by atoms with E-state index in [2.05, 4.69) is 6.58 Å². The number of carbonyl (C=O) groups is 3. The first-order valence-corrected chi connectivity index (χ1v) is 4.75. The van der Waals surface area contributed by atoms with Gasteiger partial charge in [-0.2, -0.15) is 0 Å². The number of fused-ring (bicyclic) bond motifs is 1. The van der Waals surface area contributed by atoms with Crippen LogP contribution in [-0.2, 0) is 4.79 Å². The summed E-state index contributed by atoms with van der Waals surface area (Å²) >= 11 is 0. The van der Waals surface area contributed by atoms with E-state index in [4.69, 9.17) is 0 Å². The summed E-state index contributed by atoms with van der Waals surface area (Å²) in [5.41, 5.74) is 0.669. The van der Waals surface area contributed by atoms with Crippen LogP contribution in [-0.4, -0.2) is 29.0 Å². The van der Waals surface area contributed by atoms with Gasteiger partial charge in [0.1, 0.15) is 12.3 Å². The Morgan fingerprint density at radius 2 is 1.62 bits per heavy atom. The van der Waals surface area contributed by atoms with Gasteiger partial charge >= 0.3 is 0 Å². The first-order valence-electron chi connectivity index (χ1n) is 4.75. The van der Waals surface area contributed by atoms with Crippen molar-refractivity contribution in [2.24, 2.45) is 0 Å². The average Bonchev–Trinajstić information content (AvgIpc) is 2.57. The molecular formula is C12H9NO3. The molecule has 1 atom stereocenters. The highest BCUT2D eigenvalue weighted by molar-refractivity contribution is 6.22. The lowest BCUT2D eigenvalue weighted by molar-refractivity contribution is -0.110. The summed E-state index contributed by atoms with van der Waals surface area (Å²) in [5, 5.41) is 0. The zero-order valence-electron chi connectivity index (χ0n) is 8.42. The molecule has 0 unspecified atom stereocenters. The van der Waals surface area contributed by atoms with Crippen molar-refractivity contribution in [1.29, 1.82) is 0 Å². The molecule has 1 aromatic rings. The molecular weight excluding hydrogens is 206 g/mol. The molecule has 1 heterocycles. The predicted molar refractivity (Wildman–Crippen MR) is 57.0 cm³/mol. The van der Waals surface area contributed by atoms with Crippen LogP contribution in [0.25, 0.3) is 0 Å². The molecule has 1 aliphatic heterocycles. The third kappa shape index (κ3) is 1.27. The van der Waals surface area contributed by atoms with E-state index in [9.17, 15) is 14.4 Å². The van der Waals surface area contributed by atoms with Crippen LogP contribution in [0.4, 0.5) is 0 Å². The van der Waals surface area contributed by atoms with Gasteiger partial charge in [0.15, 0.2) is 0 Å². The van der Waals surface area contributed by atoms with Crippen molar-refractivity contribution in [3.05, 3.63) is 48.0 Å². The Labute approximate surface area is 92.2 Å². The largest absolute Gasteiger partial charge is 0.301 e. The van der Waals surface area contributed by atoms with E-state index in [1.807, 2.05) is 0 Å². The van der Waals surface area contributed by atoms with Crippen molar-refractivity contribution in [3.63, 3.8) is 0 Å². The van der Waals surface area contributed by atoms with Crippen LogP contribution in [0.15, 0.2) is 36.9 Å². The van der Waals surface area contributed by atoms with Crippen molar-refractivity contribution in [1.82, 2.24) is 4.90 Å². The Kier molecular flexibility index (Phi) is 2.40. The summed E-state index contributed by atoms with van der Waals surface area (Å²) in [5.74, 6) is -0.893. The Morgan fingerprint density at radius 3 is 2.00 bits per heavy atom. The van der Waals surface area contributed by atoms with Crippen LogP contribution < -0.4 is 0 Å². The van der Waals surface area contributed by atoms with Crippen LogP contribution in [0.1, 0.15) is 20.7 Å². The Morgan fingerprint density at radius 1 is 1.12 bits per heavy atom. The Balaban J connectivity index is 2.50. The van der Waals surface area contributed by atoms with Gasteiger partial charge < -0.3 is 4.79 Å². The highest BCUT2D eigenvalue weighted by Gasteiger charge is 2.38. The molecule has 0 spiro atoms. The lowest BCUT2D eigenvalue weighted by Crippen LogP contribution is -2.39. The molecule has 0 saturated carbocycles. The zero-order chi connectivity index (χ0) is 11.7. The van der Waals surface area contributed by atoms with Crippen molar-refractivity contribution >= 4 is 18.1 Å². The van der Waals surface area contributed by atoms with E-state index in [0.29, 0.717) is 17.4 Å². The van der Waals surface area contributed by atoms with Gasteiger partial charge in [-0.05, 0) is 12.1 Å². The molecule has 0 N–H and O–H groups in total. The summed E-state index contributed by atoms with van der Waals surface area (Å²) in [6.45, 7) is 3.43. The summed E-state index contributed by atoms with van der Waals surface area (Å²) < 4.78 is 0. The van der Waals surface area contributed by atoms with E-state index in [1.165, 1.54) is 6.08 Å². The molecule has 4 heteroatoms. The highest BCUT2D eigenvalue weighted by Crippen LogP contribution is 2.24. The molecule has 4 nitrogen and oxygen atoms in total. The molecule has 0 radical (unpaired) electrons. The number of hydrogen-bond donors (Lipinski definition) is 0. The van der Waals surface area contributed by atoms with Gasteiger partial charge in [0, 0.05) is 0 Å². The maximum absolute atomic E-state index is 11.9. The van der Waals surface area contributed by atoms with Gasteiger partial charge in [-0.1, -0.05) is 18.2 Å². The van der Waals surface area contributed by atoms with E-state index in [-0.39, 0.29) is 0 Å². The number of carbonyl (C=O) groups excluding carboxylic acids is 3. The van der Waals surface area contributed by atoms with Crippen LogP contribution in [0.2, 0.25) is 0 Å². The molecule has 2 amide bonds. The number of nitrogens with zero attached hydrogens (tertiary/aromatic N) is 1. The minimum Gasteiger partial charge on any atom is -0.301 e. The second-order valence-corrected chi connectivity index (χ2v) is 3.39. The van der Waals surface area contributed by atoms with E-state index in [1.54, 1.807) is 24.3 Å². The van der Waals surface area contributed by atoms with E-state index >= 15 is 0 Å². The molecule has 0 aromatic heterocycles. The monoisotopic (exact) mass is 215 g/mol. The smallest absolute Gasteiger partial charge is 0.262 e. The van der Waals surface area contributed by atoms with Gasteiger partial charge in [-0.25, -0.2) is 0 Å². The molecule has 1 aromatic carbocycles. The summed E-state index contributed by atoms with van der Waals surface area (Å²) in [7, 11) is 0. The number of benzene rings is 1. The van der Waals surface area contributed by atoms with Crippen molar-refractivity contribution < 1.29 is 14.4 Å². The topological polar surface area (TPSA) is 54.5 Å². The lowest BCUT2D eigenvalue weighted by atomic mass is 10.1. The molecule has 0 fully saturated rings. The fourth-order valence-corrected chi connectivity index (χ4v) is 1.70. The molecule has 0 saturated heterocycles. The molecule has 2 rings (SSSR count). The molecule has 0 aliphatic carbocycles. The number of imide groups is 1. The van der Waals surface area contributed by atoms with Gasteiger partial charge in [-0.3, -0.25) is 14.5 Å². The number of rotatable bonds is 3. The SMILES string of the molecule is C=C[C@H](C=O)N1C(=O)c2ccccc2C1=O. The van der Waals surface area contributed by atoms with Crippen LogP contribution in [0.5, 0.6) is 0 Å². The maximum atomic E-state index is 11.9.